The number of carbonyl (C=O) groups is 1. The zero-order valence-electron chi connectivity index (χ0n) is 14.7. The molecule has 0 radical (unpaired) electrons. The predicted octanol–water partition coefficient (Wildman–Crippen LogP) is 1.51. The van der Waals surface area contributed by atoms with Gasteiger partial charge in [0, 0.05) is 38.1 Å². The number of rotatable bonds is 4. The van der Waals surface area contributed by atoms with E-state index in [1.807, 2.05) is 16.7 Å². The first kappa shape index (κ1) is 18.1. The van der Waals surface area contributed by atoms with Crippen molar-refractivity contribution in [3.05, 3.63) is 18.0 Å². The van der Waals surface area contributed by atoms with Crippen LogP contribution >= 0.6 is 0 Å². The molecule has 25 heavy (non-hydrogen) atoms. The van der Waals surface area contributed by atoms with Crippen molar-refractivity contribution in [2.45, 2.75) is 45.1 Å². The first-order valence-electron chi connectivity index (χ1n) is 9.08. The molecule has 1 aromatic heterocycles. The van der Waals surface area contributed by atoms with Gasteiger partial charge in [-0.3, -0.25) is 4.79 Å². The second kappa shape index (κ2) is 7.68. The fourth-order valence-electron chi connectivity index (χ4n) is 3.62. The summed E-state index contributed by atoms with van der Waals surface area (Å²) in [7, 11) is -2.96. The third-order valence-electron chi connectivity index (χ3n) is 5.03. The molecule has 0 N–H and O–H groups in total. The summed E-state index contributed by atoms with van der Waals surface area (Å²) in [6.07, 6.45) is 8.19. The van der Waals surface area contributed by atoms with Crippen LogP contribution in [0.5, 0.6) is 0 Å². The molecule has 1 aromatic rings. The Morgan fingerprint density at radius 3 is 2.36 bits per heavy atom. The van der Waals surface area contributed by atoms with E-state index < -0.39 is 9.84 Å². The summed E-state index contributed by atoms with van der Waals surface area (Å²) in [5.74, 6) is 0.857. The predicted molar refractivity (Wildman–Crippen MR) is 96.5 cm³/mol. The second-order valence-corrected chi connectivity index (χ2v) is 9.05. The van der Waals surface area contributed by atoms with Gasteiger partial charge in [0.1, 0.15) is 0 Å². The Morgan fingerprint density at radius 2 is 1.84 bits per heavy atom. The quantitative estimate of drug-likeness (QED) is 0.803. The molecule has 0 aromatic carbocycles. The summed E-state index contributed by atoms with van der Waals surface area (Å²) in [5, 5.41) is 0. The number of likely N-dealkylation sites (tertiary alicyclic amines) is 1. The number of amides is 1. The number of nitrogens with zero attached hydrogens (tertiary/aromatic N) is 4. The summed E-state index contributed by atoms with van der Waals surface area (Å²) in [6.45, 7) is 4.19. The molecule has 1 amide bonds. The van der Waals surface area contributed by atoms with Crippen LogP contribution in [0.3, 0.4) is 0 Å². The molecule has 8 heteroatoms. The Morgan fingerprint density at radius 1 is 1.20 bits per heavy atom. The van der Waals surface area contributed by atoms with Crippen molar-refractivity contribution in [3.63, 3.8) is 0 Å². The van der Waals surface area contributed by atoms with E-state index in [1.165, 1.54) is 12.8 Å². The topological polar surface area (TPSA) is 83.5 Å². The van der Waals surface area contributed by atoms with E-state index in [-0.39, 0.29) is 23.5 Å². The largest absolute Gasteiger partial charge is 0.339 e. The third-order valence-corrected chi connectivity index (χ3v) is 6.78. The Hall–Kier alpha value is -1.70. The van der Waals surface area contributed by atoms with Gasteiger partial charge in [-0.25, -0.2) is 18.4 Å². The highest BCUT2D eigenvalue weighted by atomic mass is 32.2. The first-order valence-corrected chi connectivity index (χ1v) is 10.9. The molecule has 0 saturated carbocycles. The SMILES string of the molecule is CCN(c1ncc(C(=O)N2CCCCCC2)cn1)C1CCS(=O)(=O)C1. The van der Waals surface area contributed by atoms with E-state index in [0.717, 1.165) is 25.9 Å². The van der Waals surface area contributed by atoms with E-state index in [4.69, 9.17) is 0 Å². The third kappa shape index (κ3) is 4.29. The van der Waals surface area contributed by atoms with Crippen LogP contribution in [0.1, 0.15) is 49.4 Å². The van der Waals surface area contributed by atoms with E-state index >= 15 is 0 Å². The molecule has 2 saturated heterocycles. The molecule has 0 spiro atoms. The Labute approximate surface area is 149 Å². The lowest BCUT2D eigenvalue weighted by Gasteiger charge is -2.27. The van der Waals surface area contributed by atoms with Crippen molar-refractivity contribution < 1.29 is 13.2 Å². The Bertz CT molecular complexity index is 697. The maximum absolute atomic E-state index is 12.6. The van der Waals surface area contributed by atoms with E-state index in [2.05, 4.69) is 9.97 Å². The summed E-state index contributed by atoms with van der Waals surface area (Å²) in [4.78, 5) is 25.1. The minimum absolute atomic E-state index is 0.0139. The van der Waals surface area contributed by atoms with E-state index in [1.54, 1.807) is 12.4 Å². The molecule has 1 atom stereocenters. The lowest BCUT2D eigenvalue weighted by atomic mass is 10.2. The van der Waals surface area contributed by atoms with Crippen molar-refractivity contribution in [1.82, 2.24) is 14.9 Å². The molecule has 1 unspecified atom stereocenters. The standard InChI is InChI=1S/C17H26N4O3S/c1-2-21(15-7-10-25(23,24)13-15)17-18-11-14(12-19-17)16(22)20-8-5-3-4-6-9-20/h11-12,15H,2-10,13H2,1H3. The molecule has 2 fully saturated rings. The number of hydrogen-bond donors (Lipinski definition) is 0. The van der Waals surface area contributed by atoms with Crippen LogP contribution in [0.4, 0.5) is 5.95 Å². The highest BCUT2D eigenvalue weighted by Gasteiger charge is 2.33. The molecular weight excluding hydrogens is 340 g/mol. The minimum Gasteiger partial charge on any atom is -0.339 e. The van der Waals surface area contributed by atoms with Gasteiger partial charge < -0.3 is 9.80 Å². The number of aromatic nitrogens is 2. The molecule has 2 aliphatic rings. The van der Waals surface area contributed by atoms with Gasteiger partial charge in [-0.2, -0.15) is 0 Å². The molecule has 3 heterocycles. The van der Waals surface area contributed by atoms with Gasteiger partial charge >= 0.3 is 0 Å². The monoisotopic (exact) mass is 366 g/mol. The number of carbonyl (C=O) groups excluding carboxylic acids is 1. The van der Waals surface area contributed by atoms with Crippen LogP contribution < -0.4 is 4.90 Å². The maximum atomic E-state index is 12.6. The van der Waals surface area contributed by atoms with Crippen molar-refractivity contribution in [2.75, 3.05) is 36.0 Å². The molecule has 0 bridgehead atoms. The van der Waals surface area contributed by atoms with E-state index in [0.29, 0.717) is 24.5 Å². The van der Waals surface area contributed by atoms with Crippen LogP contribution in [0, 0.1) is 0 Å². The molecule has 0 aliphatic carbocycles. The van der Waals surface area contributed by atoms with Gasteiger partial charge in [-0.15, -0.1) is 0 Å². The second-order valence-electron chi connectivity index (χ2n) is 6.82. The van der Waals surface area contributed by atoms with Gasteiger partial charge in [-0.05, 0) is 26.2 Å². The van der Waals surface area contributed by atoms with Gasteiger partial charge in [-0.1, -0.05) is 12.8 Å². The van der Waals surface area contributed by atoms with Crippen molar-refractivity contribution >= 4 is 21.7 Å². The molecule has 7 nitrogen and oxygen atoms in total. The van der Waals surface area contributed by atoms with Crippen molar-refractivity contribution in [1.29, 1.82) is 0 Å². The lowest BCUT2D eigenvalue weighted by Crippen LogP contribution is -2.37. The van der Waals surface area contributed by atoms with Crippen LogP contribution in [0.2, 0.25) is 0 Å². The summed E-state index contributed by atoms with van der Waals surface area (Å²) < 4.78 is 23.4. The highest BCUT2D eigenvalue weighted by Crippen LogP contribution is 2.21. The summed E-state index contributed by atoms with van der Waals surface area (Å²) in [6, 6.07) is -0.0813. The van der Waals surface area contributed by atoms with Crippen LogP contribution in [0.15, 0.2) is 12.4 Å². The molecule has 3 rings (SSSR count). The van der Waals surface area contributed by atoms with Gasteiger partial charge in [0.2, 0.25) is 5.95 Å². The fourth-order valence-corrected chi connectivity index (χ4v) is 5.35. The zero-order chi connectivity index (χ0) is 17.9. The molecule has 2 aliphatic heterocycles. The van der Waals surface area contributed by atoms with Crippen molar-refractivity contribution in [3.8, 4) is 0 Å². The maximum Gasteiger partial charge on any atom is 0.256 e. The Balaban J connectivity index is 1.71. The normalized spacial score (nSPS) is 23.2. The van der Waals surface area contributed by atoms with E-state index in [9.17, 15) is 13.2 Å². The molecular formula is C17H26N4O3S. The summed E-state index contributed by atoms with van der Waals surface area (Å²) >= 11 is 0. The number of sulfone groups is 1. The van der Waals surface area contributed by atoms with Gasteiger partial charge in [0.15, 0.2) is 9.84 Å². The number of anilines is 1. The fraction of sp³-hybridized carbons (Fsp3) is 0.706. The number of hydrogen-bond acceptors (Lipinski definition) is 6. The Kier molecular flexibility index (Phi) is 5.56. The van der Waals surface area contributed by atoms with Crippen molar-refractivity contribution in [2.24, 2.45) is 0 Å². The van der Waals surface area contributed by atoms with Gasteiger partial charge in [0.25, 0.3) is 5.91 Å². The van der Waals surface area contributed by atoms with Crippen LogP contribution in [-0.4, -0.2) is 66.4 Å². The lowest BCUT2D eigenvalue weighted by molar-refractivity contribution is 0.0761. The molecule has 138 valence electrons. The average Bonchev–Trinajstić information content (AvgIpc) is 2.81. The average molecular weight is 366 g/mol. The first-order chi connectivity index (χ1) is 12.0. The minimum atomic E-state index is -2.96. The highest BCUT2D eigenvalue weighted by molar-refractivity contribution is 7.91. The summed E-state index contributed by atoms with van der Waals surface area (Å²) in [5.41, 5.74) is 0.501. The zero-order valence-corrected chi connectivity index (χ0v) is 15.5. The smallest absolute Gasteiger partial charge is 0.256 e. The van der Waals surface area contributed by atoms with Crippen LogP contribution in [0.25, 0.3) is 0 Å². The van der Waals surface area contributed by atoms with Crippen LogP contribution in [-0.2, 0) is 9.84 Å². The van der Waals surface area contributed by atoms with Gasteiger partial charge in [0.05, 0.1) is 17.1 Å².